The minimum absolute atomic E-state index is 0.167. The lowest BCUT2D eigenvalue weighted by atomic mass is 9.84. The van der Waals surface area contributed by atoms with Gasteiger partial charge in [-0.3, -0.25) is 0 Å². The molecule has 5 rings (SSSR count). The topological polar surface area (TPSA) is 101 Å². The van der Waals surface area contributed by atoms with E-state index in [-0.39, 0.29) is 33.8 Å². The maximum Gasteiger partial charge on any atom is 0.344 e. The Balaban J connectivity index is 1.92. The van der Waals surface area contributed by atoms with E-state index in [4.69, 9.17) is 8.83 Å². The third-order valence-corrected chi connectivity index (χ3v) is 5.89. The number of hydrogen-bond acceptors (Lipinski definition) is 6. The van der Waals surface area contributed by atoms with Crippen molar-refractivity contribution in [1.82, 2.24) is 0 Å². The zero-order chi connectivity index (χ0) is 22.4. The minimum atomic E-state index is -1.14. The summed E-state index contributed by atoms with van der Waals surface area (Å²) in [6.45, 7) is 0. The first-order valence-electron chi connectivity index (χ1n) is 9.70. The van der Waals surface area contributed by atoms with Gasteiger partial charge in [-0.05, 0) is 42.0 Å². The molecule has 0 aliphatic rings. The average Bonchev–Trinajstić information content (AvgIpc) is 2.78. The second kappa shape index (κ2) is 7.69. The van der Waals surface area contributed by atoms with E-state index in [1.807, 2.05) is 0 Å². The molecular weight excluding hydrogens is 476 g/mol. The van der Waals surface area contributed by atoms with Gasteiger partial charge < -0.3 is 19.0 Å². The molecule has 0 radical (unpaired) electrons. The fourth-order valence-corrected chi connectivity index (χ4v) is 4.39. The molecule has 3 aromatic carbocycles. The van der Waals surface area contributed by atoms with Crippen molar-refractivity contribution in [2.24, 2.45) is 0 Å². The van der Waals surface area contributed by atoms with Gasteiger partial charge in [0.1, 0.15) is 22.7 Å². The fourth-order valence-electron chi connectivity index (χ4n) is 3.97. The van der Waals surface area contributed by atoms with Gasteiger partial charge in [0.2, 0.25) is 0 Å². The van der Waals surface area contributed by atoms with Crippen molar-refractivity contribution >= 4 is 37.9 Å². The lowest BCUT2D eigenvalue weighted by molar-refractivity contribution is 0.441. The molecule has 0 saturated heterocycles. The van der Waals surface area contributed by atoms with Crippen LogP contribution in [0.15, 0.2) is 95.7 Å². The monoisotopic (exact) mass is 490 g/mol. The highest BCUT2D eigenvalue weighted by Crippen LogP contribution is 2.42. The highest BCUT2D eigenvalue weighted by Gasteiger charge is 2.32. The first-order valence-corrected chi connectivity index (χ1v) is 10.5. The second-order valence-corrected chi connectivity index (χ2v) is 8.20. The van der Waals surface area contributed by atoms with E-state index in [2.05, 4.69) is 15.9 Å². The smallest absolute Gasteiger partial charge is 0.344 e. The van der Waals surface area contributed by atoms with Crippen LogP contribution in [0.3, 0.4) is 0 Å². The summed E-state index contributed by atoms with van der Waals surface area (Å²) in [6.07, 6.45) is 0. The fraction of sp³-hybridized carbons (Fsp3) is 0.0400. The number of benzene rings is 3. The van der Waals surface area contributed by atoms with Gasteiger partial charge in [-0.1, -0.05) is 52.3 Å². The summed E-state index contributed by atoms with van der Waals surface area (Å²) >= 11 is 3.40. The summed E-state index contributed by atoms with van der Waals surface area (Å²) in [5.41, 5.74) is -1.08. The Morgan fingerprint density at radius 1 is 0.688 bits per heavy atom. The van der Waals surface area contributed by atoms with Crippen molar-refractivity contribution in [1.29, 1.82) is 0 Å². The molecule has 0 unspecified atom stereocenters. The van der Waals surface area contributed by atoms with Crippen LogP contribution >= 0.6 is 15.9 Å². The second-order valence-electron chi connectivity index (χ2n) is 7.28. The van der Waals surface area contributed by atoms with Crippen LogP contribution in [0, 0.1) is 0 Å². The highest BCUT2D eigenvalue weighted by atomic mass is 79.9. The Bertz CT molecular complexity index is 1520. The van der Waals surface area contributed by atoms with E-state index in [9.17, 15) is 19.8 Å². The summed E-state index contributed by atoms with van der Waals surface area (Å²) in [6, 6.07) is 20.0. The molecule has 0 fully saturated rings. The first kappa shape index (κ1) is 20.1. The summed E-state index contributed by atoms with van der Waals surface area (Å²) in [5, 5.41) is 22.8. The SMILES string of the molecule is O=c1oc2ccccc2c(O)c1C(c1cccc(Br)c1)c1c(O)c2ccccc2oc1=O. The van der Waals surface area contributed by atoms with Crippen LogP contribution in [0.25, 0.3) is 21.9 Å². The lowest BCUT2D eigenvalue weighted by Gasteiger charge is -2.20. The van der Waals surface area contributed by atoms with Gasteiger partial charge in [-0.25, -0.2) is 9.59 Å². The molecule has 2 N–H and O–H groups in total. The van der Waals surface area contributed by atoms with Crippen LogP contribution in [-0.4, -0.2) is 10.2 Å². The summed E-state index contributed by atoms with van der Waals surface area (Å²) in [7, 11) is 0. The van der Waals surface area contributed by atoms with E-state index in [1.165, 1.54) is 0 Å². The molecule has 0 bridgehead atoms. The molecule has 2 heterocycles. The number of rotatable bonds is 3. The summed E-state index contributed by atoms with van der Waals surface area (Å²) < 4.78 is 11.6. The molecule has 6 nitrogen and oxygen atoms in total. The number of para-hydroxylation sites is 2. The Kier molecular flexibility index (Phi) is 4.83. The molecular formula is C25H15BrO6. The molecule has 0 atom stereocenters. The van der Waals surface area contributed by atoms with E-state index in [1.54, 1.807) is 72.8 Å². The summed E-state index contributed by atoms with van der Waals surface area (Å²) in [5.74, 6) is -1.79. The van der Waals surface area contributed by atoms with Gasteiger partial charge in [-0.15, -0.1) is 0 Å². The van der Waals surface area contributed by atoms with Crippen LogP contribution in [0.4, 0.5) is 0 Å². The molecule has 0 saturated carbocycles. The van der Waals surface area contributed by atoms with E-state index >= 15 is 0 Å². The molecule has 5 aromatic rings. The van der Waals surface area contributed by atoms with Crippen molar-refractivity contribution in [3.05, 3.63) is 115 Å². The Morgan fingerprint density at radius 2 is 1.19 bits per heavy atom. The first-order chi connectivity index (χ1) is 15.5. The largest absolute Gasteiger partial charge is 0.507 e. The maximum atomic E-state index is 13.1. The molecule has 158 valence electrons. The van der Waals surface area contributed by atoms with Crippen molar-refractivity contribution in [2.45, 2.75) is 5.92 Å². The predicted molar refractivity (Wildman–Crippen MR) is 123 cm³/mol. The minimum Gasteiger partial charge on any atom is -0.507 e. The number of aromatic hydroxyl groups is 2. The van der Waals surface area contributed by atoms with E-state index in [0.29, 0.717) is 20.8 Å². The van der Waals surface area contributed by atoms with Crippen molar-refractivity contribution < 1.29 is 19.0 Å². The van der Waals surface area contributed by atoms with Gasteiger partial charge in [0.05, 0.1) is 27.8 Å². The van der Waals surface area contributed by atoms with Crippen molar-refractivity contribution in [3.8, 4) is 11.5 Å². The molecule has 32 heavy (non-hydrogen) atoms. The normalized spacial score (nSPS) is 11.4. The van der Waals surface area contributed by atoms with Gasteiger partial charge in [-0.2, -0.15) is 0 Å². The molecule has 0 aliphatic carbocycles. The maximum absolute atomic E-state index is 13.1. The Labute approximate surface area is 189 Å². The molecule has 0 amide bonds. The van der Waals surface area contributed by atoms with Gasteiger partial charge in [0, 0.05) is 4.47 Å². The molecule has 0 aliphatic heterocycles. The average molecular weight is 491 g/mol. The van der Waals surface area contributed by atoms with Gasteiger partial charge in [0.15, 0.2) is 0 Å². The van der Waals surface area contributed by atoms with Crippen LogP contribution in [0.2, 0.25) is 0 Å². The van der Waals surface area contributed by atoms with Crippen LogP contribution in [0.5, 0.6) is 11.5 Å². The standard InChI is InChI=1S/C25H15BrO6/c26-14-7-5-6-13(12-14)19(20-22(27)15-8-1-3-10-17(15)31-24(20)29)21-23(28)16-9-2-4-11-18(16)32-25(21)30/h1-12,19,27-28H. The molecule has 2 aromatic heterocycles. The number of fused-ring (bicyclic) bond motifs is 2. The molecule has 0 spiro atoms. The predicted octanol–water partition coefficient (Wildman–Crippen LogP) is 5.25. The van der Waals surface area contributed by atoms with Crippen LogP contribution < -0.4 is 11.3 Å². The van der Waals surface area contributed by atoms with Gasteiger partial charge in [0.25, 0.3) is 0 Å². The van der Waals surface area contributed by atoms with Gasteiger partial charge >= 0.3 is 11.3 Å². The zero-order valence-corrected chi connectivity index (χ0v) is 18.0. The van der Waals surface area contributed by atoms with Crippen molar-refractivity contribution in [3.63, 3.8) is 0 Å². The third-order valence-electron chi connectivity index (χ3n) is 5.40. The number of hydrogen-bond donors (Lipinski definition) is 2. The molecule has 7 heteroatoms. The zero-order valence-electron chi connectivity index (χ0n) is 16.4. The van der Waals surface area contributed by atoms with E-state index < -0.39 is 17.2 Å². The number of halogens is 1. The third kappa shape index (κ3) is 3.18. The Hall–Kier alpha value is -3.84. The van der Waals surface area contributed by atoms with E-state index in [0.717, 1.165) is 0 Å². The van der Waals surface area contributed by atoms with Crippen molar-refractivity contribution in [2.75, 3.05) is 0 Å². The van der Waals surface area contributed by atoms with Crippen LogP contribution in [0.1, 0.15) is 22.6 Å². The summed E-state index contributed by atoms with van der Waals surface area (Å²) in [4.78, 5) is 26.1. The highest BCUT2D eigenvalue weighted by molar-refractivity contribution is 9.10. The van der Waals surface area contributed by atoms with Crippen LogP contribution in [-0.2, 0) is 0 Å². The Morgan fingerprint density at radius 3 is 1.69 bits per heavy atom. The quantitative estimate of drug-likeness (QED) is 0.335. The lowest BCUT2D eigenvalue weighted by Crippen LogP contribution is -2.21.